The molecule has 5 N–H and O–H groups in total. The van der Waals surface area contributed by atoms with Crippen LogP contribution in [-0.4, -0.2) is 153 Å². The van der Waals surface area contributed by atoms with Crippen molar-refractivity contribution in [1.82, 2.24) is 0 Å². The zero-order valence-electron chi connectivity index (χ0n) is 51.3. The monoisotopic (exact) mass is 1410 g/mol. The molecule has 1 aliphatic rings. The van der Waals surface area contributed by atoms with E-state index in [4.69, 9.17) is 72.3 Å². The van der Waals surface area contributed by atoms with Gasteiger partial charge in [0.15, 0.2) is 32.1 Å². The molecule has 2 aromatic carbocycles. The molecule has 0 unspecified atom stereocenters. The van der Waals surface area contributed by atoms with E-state index >= 15 is 0 Å². The molecule has 6 atom stereocenters. The van der Waals surface area contributed by atoms with E-state index in [-0.39, 0.29) is 63.4 Å². The van der Waals surface area contributed by atoms with Crippen LogP contribution in [0.15, 0.2) is 60.7 Å². The normalized spacial score (nSPS) is 13.2. The maximum Gasteiger partial charge on any atom is 3.00 e. The number of aliphatic hydroxyl groups excluding tert-OH is 5. The van der Waals surface area contributed by atoms with Gasteiger partial charge in [-0.2, -0.15) is 5.26 Å². The number of nitriles is 1. The molecule has 0 radical (unpaired) electrons. The topological polar surface area (TPSA) is 351 Å². The molecule has 22 nitrogen and oxygen atoms in total. The van der Waals surface area contributed by atoms with Gasteiger partial charge in [-0.3, -0.25) is 4.79 Å². The number of ether oxygens (including phenoxy) is 6. The number of rotatable bonds is 24. The number of hydrogen-bond donors (Lipinski definition) is 5. The van der Waals surface area contributed by atoms with Gasteiger partial charge in [-0.15, -0.1) is 49.7 Å². The van der Waals surface area contributed by atoms with Gasteiger partial charge in [0.05, 0.1) is 63.5 Å². The third kappa shape index (κ3) is 92.1. The summed E-state index contributed by atoms with van der Waals surface area (Å²) in [6.07, 6.45) is 4.40. The number of Topliss-reactive ketones (excluding diaryl/α,β-unsaturated/α-hetero) is 1. The van der Waals surface area contributed by atoms with E-state index in [2.05, 4.69) is 53.9 Å². The van der Waals surface area contributed by atoms with E-state index in [1.165, 1.54) is 21.1 Å². The van der Waals surface area contributed by atoms with E-state index in [1.807, 2.05) is 81.4 Å². The summed E-state index contributed by atoms with van der Waals surface area (Å²) < 4.78 is 195. The third-order valence-corrected chi connectivity index (χ3v) is 10.1. The van der Waals surface area contributed by atoms with Crippen molar-refractivity contribution in [3.05, 3.63) is 91.8 Å². The van der Waals surface area contributed by atoms with Gasteiger partial charge in [0.1, 0.15) is 5.78 Å². The van der Waals surface area contributed by atoms with Crippen LogP contribution in [0.2, 0.25) is 0 Å². The summed E-state index contributed by atoms with van der Waals surface area (Å²) in [5, 5.41) is 54.1. The SMILES string of the molecule is CC#N.CCC(=O)CC.CC[C@H](C#CC[C@H](O)CO)[C@@H](O)CCOCc1ccccc1.CC[C@H](C#CC[C@H]1COC(CC)(CC)O1)[C@@H](O)CCOCc1ccccc1.COC(CO)OC.F[C-](F)F.F[C-](F)F.F[C-](F)F.O=S(=O)=O.O=S(=O)=O.O=S(=O)=O.[Sc+3]. The summed E-state index contributed by atoms with van der Waals surface area (Å²) in [5.41, 5.74) is 2.26. The second-order valence-electron chi connectivity index (χ2n) is 16.2. The van der Waals surface area contributed by atoms with Crippen LogP contribution < -0.4 is 0 Å². The summed E-state index contributed by atoms with van der Waals surface area (Å²) in [5.74, 6) is 12.0. The van der Waals surface area contributed by atoms with Crippen molar-refractivity contribution in [2.45, 2.75) is 162 Å². The number of nitrogens with zero attached hydrogens (tertiary/aromatic N) is 1. The average Bonchev–Trinajstić information content (AvgIpc) is 2.55. The minimum absolute atomic E-state index is 0. The van der Waals surface area contributed by atoms with Gasteiger partial charge in [-0.25, -0.2) is 0 Å². The van der Waals surface area contributed by atoms with Crippen LogP contribution in [0.25, 0.3) is 0 Å². The summed E-state index contributed by atoms with van der Waals surface area (Å²) in [4.78, 5) is 10.2. The average molecular weight is 1410 g/mol. The van der Waals surface area contributed by atoms with Gasteiger partial charge in [-0.05, 0) is 49.7 Å². The van der Waals surface area contributed by atoms with Crippen LogP contribution in [-0.2, 0) is 104 Å². The van der Waals surface area contributed by atoms with Gasteiger partial charge in [0.25, 0.3) is 0 Å². The van der Waals surface area contributed by atoms with Crippen LogP contribution in [0.3, 0.4) is 0 Å². The first-order chi connectivity index (χ1) is 41.7. The van der Waals surface area contributed by atoms with Crippen molar-refractivity contribution in [3.8, 4) is 29.8 Å². The van der Waals surface area contributed by atoms with Crippen molar-refractivity contribution in [2.24, 2.45) is 11.8 Å². The Balaban J connectivity index is -0.000000131. The van der Waals surface area contributed by atoms with Crippen LogP contribution in [0.4, 0.5) is 39.5 Å². The molecular weight excluding hydrogens is 1320 g/mol. The molecular formula is C55H83F9NO21S3Sc. The van der Waals surface area contributed by atoms with Crippen molar-refractivity contribution >= 4 is 37.6 Å². The number of ketones is 1. The predicted molar refractivity (Wildman–Crippen MR) is 304 cm³/mol. The summed E-state index contributed by atoms with van der Waals surface area (Å²) in [6, 6.07) is 21.7. The van der Waals surface area contributed by atoms with E-state index < -0.39 is 82.3 Å². The van der Waals surface area contributed by atoms with Crippen LogP contribution in [0.1, 0.15) is 124 Å². The predicted octanol–water partition coefficient (Wildman–Crippen LogP) is 8.55. The fraction of sp³-hybridized carbons (Fsp3) is 0.618. The molecule has 2 aromatic rings. The maximum atomic E-state index is 10.4. The Morgan fingerprint density at radius 3 is 1.19 bits per heavy atom. The molecule has 1 aliphatic heterocycles. The number of carbonyl (C=O) groups is 1. The molecule has 35 heteroatoms. The molecule has 3 rings (SSSR count). The molecule has 1 fully saturated rings. The fourth-order valence-electron chi connectivity index (χ4n) is 5.79. The number of hydrogen-bond acceptors (Lipinski definition) is 22. The van der Waals surface area contributed by atoms with Crippen LogP contribution in [0, 0.1) is 66.9 Å². The first-order valence-electron chi connectivity index (χ1n) is 26.2. The van der Waals surface area contributed by atoms with Gasteiger partial charge in [-0.1, -0.05) is 114 Å². The van der Waals surface area contributed by atoms with E-state index in [9.17, 15) is 59.6 Å². The maximum absolute atomic E-state index is 10.4. The Kier molecular flexibility index (Phi) is 89.0. The Labute approximate surface area is 545 Å². The molecule has 0 saturated carbocycles. The quantitative estimate of drug-likeness (QED) is 0.0216. The van der Waals surface area contributed by atoms with E-state index in [0.717, 1.165) is 36.8 Å². The Bertz CT molecular complexity index is 2320. The van der Waals surface area contributed by atoms with Gasteiger partial charge in [0, 0.05) is 71.9 Å². The molecule has 0 aromatic heterocycles. The minimum Gasteiger partial charge on any atom is -0.394 e. The van der Waals surface area contributed by atoms with Gasteiger partial charge in [0.2, 0.25) is 0 Å². The molecule has 1 heterocycles. The summed E-state index contributed by atoms with van der Waals surface area (Å²) in [6.45, 7) is 6.48. The van der Waals surface area contributed by atoms with Crippen molar-refractivity contribution in [2.75, 3.05) is 47.3 Å². The van der Waals surface area contributed by atoms with Crippen molar-refractivity contribution in [1.29, 1.82) is 5.26 Å². The Morgan fingerprint density at radius 2 is 0.956 bits per heavy atom. The fourth-order valence-corrected chi connectivity index (χ4v) is 5.79. The second-order valence-corrected chi connectivity index (χ2v) is 17.4. The molecule has 0 spiro atoms. The zero-order chi connectivity index (χ0) is 70.6. The summed E-state index contributed by atoms with van der Waals surface area (Å²) in [7, 11) is -6.38. The second kappa shape index (κ2) is 76.8. The van der Waals surface area contributed by atoms with Crippen LogP contribution >= 0.6 is 0 Å². The zero-order valence-corrected chi connectivity index (χ0v) is 55.5. The number of aliphatic hydroxyl groups is 5. The van der Waals surface area contributed by atoms with E-state index in [0.29, 0.717) is 70.9 Å². The van der Waals surface area contributed by atoms with Crippen LogP contribution in [0.5, 0.6) is 0 Å². The smallest absolute Gasteiger partial charge is 0.394 e. The number of carbonyl (C=O) groups excluding carboxylic acids is 1. The Hall–Kier alpha value is -4.62. The molecule has 90 heavy (non-hydrogen) atoms. The molecule has 0 amide bonds. The molecule has 0 aliphatic carbocycles. The molecule has 0 bridgehead atoms. The minimum atomic E-state index is -3.11. The van der Waals surface area contributed by atoms with Crippen molar-refractivity contribution < 1.29 is 162 Å². The molecule has 1 saturated heterocycles. The first-order valence-corrected chi connectivity index (χ1v) is 29.2. The third-order valence-electron chi connectivity index (χ3n) is 10.1. The first kappa shape index (κ1) is 104. The van der Waals surface area contributed by atoms with Crippen molar-refractivity contribution in [3.63, 3.8) is 0 Å². The number of halogens is 9. The van der Waals surface area contributed by atoms with E-state index in [1.54, 1.807) is 6.07 Å². The standard InChI is InChI=1S/C23H34O4.C18H26O4.C5H10O.C4H10O3.C2H3N.3CF3.3O3S.Sc/c1-4-20(13-10-14-21-18-26-23(5-2,6-3)27-21)22(24)15-16-25-17-19-11-8-7-9-12-19;1-2-16(9-6-10-17(20)13-19)18(21)11-12-22-14-15-7-4-3-5-8-15;1-3-5(6)4-2;1-6-4(3-5)7-2;1-2-3;3*2-1(3)4;3*1-4(2)3;/h7-9,11-12,20-22,24H,4-6,14-18H2,1-3H3;3-5,7-8,16-21H,2,10-14H2,1H3;3-4H2,1-2H3;4-5H,3H2,1-2H3;1H3;;;;;;;/q;;;;;3*-1;;;;+3/t20-,21+,22+;16-,17+,18+;;;;;;;;;;/m11........../s1. The Morgan fingerprint density at radius 1 is 0.633 bits per heavy atom. The molecule has 518 valence electrons. The number of methoxy groups -OCH3 is 2. The van der Waals surface area contributed by atoms with Gasteiger partial charge < -0.3 is 93.5 Å². The number of benzene rings is 2. The summed E-state index contributed by atoms with van der Waals surface area (Å²) >= 11 is 0. The largest absolute Gasteiger partial charge is 3.00 e. The van der Waals surface area contributed by atoms with Gasteiger partial charge >= 0.3 is 57.7 Å².